The predicted molar refractivity (Wildman–Crippen MR) is 71.2 cm³/mol. The molecule has 0 bridgehead atoms. The summed E-state index contributed by atoms with van der Waals surface area (Å²) >= 11 is 0. The SMILES string of the molecule is CC(=O)NC1CNCCC1c1cccc(C(=O)O)c1. The monoisotopic (exact) mass is 262 g/mol. The number of rotatable bonds is 3. The van der Waals surface area contributed by atoms with E-state index < -0.39 is 5.97 Å². The molecule has 2 rings (SSSR count). The Morgan fingerprint density at radius 1 is 1.42 bits per heavy atom. The van der Waals surface area contributed by atoms with Crippen molar-refractivity contribution in [3.63, 3.8) is 0 Å². The molecule has 0 saturated carbocycles. The molecule has 1 heterocycles. The van der Waals surface area contributed by atoms with Crippen LogP contribution in [0.2, 0.25) is 0 Å². The van der Waals surface area contributed by atoms with Gasteiger partial charge in [0.2, 0.25) is 5.91 Å². The van der Waals surface area contributed by atoms with E-state index >= 15 is 0 Å². The molecule has 1 amide bonds. The largest absolute Gasteiger partial charge is 0.478 e. The number of carboxylic acids is 1. The highest BCUT2D eigenvalue weighted by molar-refractivity contribution is 5.87. The number of nitrogens with one attached hydrogen (secondary N) is 2. The summed E-state index contributed by atoms with van der Waals surface area (Å²) in [6.07, 6.45) is 0.883. The molecule has 1 aliphatic heterocycles. The number of aromatic carboxylic acids is 1. The fourth-order valence-electron chi connectivity index (χ4n) is 2.57. The van der Waals surface area contributed by atoms with Gasteiger partial charge in [-0.25, -0.2) is 4.79 Å². The number of benzene rings is 1. The average molecular weight is 262 g/mol. The smallest absolute Gasteiger partial charge is 0.335 e. The molecule has 1 fully saturated rings. The minimum absolute atomic E-state index is 0.00953. The number of hydrogen-bond acceptors (Lipinski definition) is 3. The van der Waals surface area contributed by atoms with Crippen LogP contribution in [0, 0.1) is 0 Å². The Kier molecular flexibility index (Phi) is 4.16. The molecule has 0 aromatic heterocycles. The molecular weight excluding hydrogens is 244 g/mol. The lowest BCUT2D eigenvalue weighted by Gasteiger charge is -2.33. The van der Waals surface area contributed by atoms with E-state index in [-0.39, 0.29) is 23.4 Å². The van der Waals surface area contributed by atoms with E-state index in [1.54, 1.807) is 18.2 Å². The third-order valence-corrected chi connectivity index (χ3v) is 3.43. The third kappa shape index (κ3) is 3.32. The number of hydrogen-bond donors (Lipinski definition) is 3. The van der Waals surface area contributed by atoms with E-state index in [0.29, 0.717) is 6.54 Å². The van der Waals surface area contributed by atoms with E-state index in [1.807, 2.05) is 6.07 Å². The van der Waals surface area contributed by atoms with Crippen molar-refractivity contribution in [1.29, 1.82) is 0 Å². The number of piperidine rings is 1. The lowest BCUT2D eigenvalue weighted by Crippen LogP contribution is -2.49. The Morgan fingerprint density at radius 2 is 2.21 bits per heavy atom. The zero-order chi connectivity index (χ0) is 13.8. The third-order valence-electron chi connectivity index (χ3n) is 3.43. The molecular formula is C14H18N2O3. The van der Waals surface area contributed by atoms with Crippen LogP contribution in [0.1, 0.15) is 35.2 Å². The van der Waals surface area contributed by atoms with Gasteiger partial charge in [-0.2, -0.15) is 0 Å². The van der Waals surface area contributed by atoms with Crippen LogP contribution in [0.15, 0.2) is 24.3 Å². The topological polar surface area (TPSA) is 78.4 Å². The van der Waals surface area contributed by atoms with Crippen molar-refractivity contribution in [2.45, 2.75) is 25.3 Å². The number of carboxylic acid groups (broad SMARTS) is 1. The molecule has 5 heteroatoms. The Labute approximate surface area is 112 Å². The van der Waals surface area contributed by atoms with Gasteiger partial charge in [-0.05, 0) is 30.7 Å². The van der Waals surface area contributed by atoms with Crippen LogP contribution in [0.25, 0.3) is 0 Å². The van der Waals surface area contributed by atoms with Gasteiger partial charge in [0.15, 0.2) is 0 Å². The molecule has 1 aliphatic rings. The summed E-state index contributed by atoms with van der Waals surface area (Å²) in [4.78, 5) is 22.2. The fraction of sp³-hybridized carbons (Fsp3) is 0.429. The fourth-order valence-corrected chi connectivity index (χ4v) is 2.57. The van der Waals surface area contributed by atoms with Crippen molar-refractivity contribution in [1.82, 2.24) is 10.6 Å². The quantitative estimate of drug-likeness (QED) is 0.758. The van der Waals surface area contributed by atoms with Gasteiger partial charge >= 0.3 is 5.97 Å². The maximum Gasteiger partial charge on any atom is 0.335 e. The van der Waals surface area contributed by atoms with Crippen molar-refractivity contribution < 1.29 is 14.7 Å². The maximum atomic E-state index is 11.2. The first kappa shape index (κ1) is 13.5. The van der Waals surface area contributed by atoms with Gasteiger partial charge in [0.25, 0.3) is 0 Å². The minimum Gasteiger partial charge on any atom is -0.478 e. The molecule has 0 spiro atoms. The summed E-state index contributed by atoms with van der Waals surface area (Å²) in [6.45, 7) is 3.08. The average Bonchev–Trinajstić information content (AvgIpc) is 2.39. The normalized spacial score (nSPS) is 22.8. The zero-order valence-corrected chi connectivity index (χ0v) is 10.8. The molecule has 2 atom stereocenters. The highest BCUT2D eigenvalue weighted by Gasteiger charge is 2.27. The van der Waals surface area contributed by atoms with Gasteiger partial charge in [0.1, 0.15) is 0 Å². The first-order chi connectivity index (χ1) is 9.08. The molecule has 0 aliphatic carbocycles. The van der Waals surface area contributed by atoms with Crippen LogP contribution in [-0.4, -0.2) is 36.1 Å². The summed E-state index contributed by atoms with van der Waals surface area (Å²) in [7, 11) is 0. The molecule has 5 nitrogen and oxygen atoms in total. The summed E-state index contributed by atoms with van der Waals surface area (Å²) in [5.74, 6) is -0.829. The Morgan fingerprint density at radius 3 is 2.89 bits per heavy atom. The first-order valence-corrected chi connectivity index (χ1v) is 6.39. The summed E-state index contributed by atoms with van der Waals surface area (Å²) < 4.78 is 0. The Hall–Kier alpha value is -1.88. The van der Waals surface area contributed by atoms with Crippen molar-refractivity contribution in [2.75, 3.05) is 13.1 Å². The molecule has 102 valence electrons. The van der Waals surface area contributed by atoms with Crippen LogP contribution < -0.4 is 10.6 Å². The van der Waals surface area contributed by atoms with E-state index in [1.165, 1.54) is 6.92 Å². The molecule has 0 radical (unpaired) electrons. The highest BCUT2D eigenvalue weighted by Crippen LogP contribution is 2.26. The van der Waals surface area contributed by atoms with Crippen molar-refractivity contribution >= 4 is 11.9 Å². The second-order valence-electron chi connectivity index (χ2n) is 4.84. The van der Waals surface area contributed by atoms with E-state index in [4.69, 9.17) is 5.11 Å². The van der Waals surface area contributed by atoms with Crippen LogP contribution in [0.3, 0.4) is 0 Å². The summed E-state index contributed by atoms with van der Waals surface area (Å²) in [5.41, 5.74) is 1.26. The lowest BCUT2D eigenvalue weighted by atomic mass is 9.85. The van der Waals surface area contributed by atoms with Gasteiger partial charge in [-0.3, -0.25) is 4.79 Å². The number of carbonyl (C=O) groups excluding carboxylic acids is 1. The summed E-state index contributed by atoms with van der Waals surface area (Å²) in [5, 5.41) is 15.2. The highest BCUT2D eigenvalue weighted by atomic mass is 16.4. The Balaban J connectivity index is 2.24. The predicted octanol–water partition coefficient (Wildman–Crippen LogP) is 0.966. The number of amides is 1. The molecule has 3 N–H and O–H groups in total. The second kappa shape index (κ2) is 5.84. The second-order valence-corrected chi connectivity index (χ2v) is 4.84. The number of carbonyl (C=O) groups is 2. The zero-order valence-electron chi connectivity index (χ0n) is 10.8. The minimum atomic E-state index is -0.924. The van der Waals surface area contributed by atoms with Crippen LogP contribution in [0.4, 0.5) is 0 Å². The maximum absolute atomic E-state index is 11.2. The standard InChI is InChI=1S/C14H18N2O3/c1-9(17)16-13-8-15-6-5-12(13)10-3-2-4-11(7-10)14(18)19/h2-4,7,12-13,15H,5-6,8H2,1H3,(H,16,17)(H,18,19). The van der Waals surface area contributed by atoms with Crippen molar-refractivity contribution in [3.8, 4) is 0 Å². The van der Waals surface area contributed by atoms with Crippen LogP contribution in [0.5, 0.6) is 0 Å². The van der Waals surface area contributed by atoms with Gasteiger partial charge in [-0.1, -0.05) is 12.1 Å². The van der Waals surface area contributed by atoms with Crippen molar-refractivity contribution in [3.05, 3.63) is 35.4 Å². The molecule has 19 heavy (non-hydrogen) atoms. The molecule has 1 aromatic carbocycles. The first-order valence-electron chi connectivity index (χ1n) is 6.39. The van der Waals surface area contributed by atoms with Gasteiger partial charge in [-0.15, -0.1) is 0 Å². The van der Waals surface area contributed by atoms with Crippen molar-refractivity contribution in [2.24, 2.45) is 0 Å². The molecule has 1 aromatic rings. The van der Waals surface area contributed by atoms with E-state index in [2.05, 4.69) is 10.6 Å². The van der Waals surface area contributed by atoms with Gasteiger partial charge in [0, 0.05) is 25.4 Å². The van der Waals surface area contributed by atoms with E-state index in [9.17, 15) is 9.59 Å². The molecule has 1 saturated heterocycles. The van der Waals surface area contributed by atoms with Gasteiger partial charge < -0.3 is 15.7 Å². The van der Waals surface area contributed by atoms with Crippen LogP contribution >= 0.6 is 0 Å². The molecule has 2 unspecified atom stereocenters. The van der Waals surface area contributed by atoms with Gasteiger partial charge in [0.05, 0.1) is 5.56 Å². The lowest BCUT2D eigenvalue weighted by molar-refractivity contribution is -0.119. The Bertz CT molecular complexity index is 487. The van der Waals surface area contributed by atoms with Crippen LogP contribution in [-0.2, 0) is 4.79 Å². The van der Waals surface area contributed by atoms with E-state index in [0.717, 1.165) is 18.5 Å². The summed E-state index contributed by atoms with van der Waals surface area (Å²) in [6, 6.07) is 6.98.